The first-order valence-electron chi connectivity index (χ1n) is 5.25. The van der Waals surface area contributed by atoms with E-state index >= 15 is 0 Å². The Balaban J connectivity index is 2.26. The van der Waals surface area contributed by atoms with Crippen molar-refractivity contribution >= 4 is 27.2 Å². The van der Waals surface area contributed by atoms with E-state index in [1.807, 2.05) is 0 Å². The Morgan fingerprint density at radius 3 is 2.72 bits per heavy atom. The van der Waals surface area contributed by atoms with Gasteiger partial charge in [-0.1, -0.05) is 6.07 Å². The smallest absolute Gasteiger partial charge is 0.135 e. The number of nitrogens with two attached hydrogens (primary N) is 1. The molecule has 0 saturated carbocycles. The van der Waals surface area contributed by atoms with E-state index in [4.69, 9.17) is 5.73 Å². The first-order chi connectivity index (χ1) is 8.65. The molecule has 1 heterocycles. The highest BCUT2D eigenvalue weighted by atomic mass is 32.1. The van der Waals surface area contributed by atoms with Crippen molar-refractivity contribution in [2.24, 2.45) is 0 Å². The molecule has 0 fully saturated rings. The van der Waals surface area contributed by atoms with E-state index in [9.17, 15) is 8.78 Å². The van der Waals surface area contributed by atoms with Crippen LogP contribution in [0.2, 0.25) is 0 Å². The Morgan fingerprint density at radius 2 is 1.94 bits per heavy atom. The van der Waals surface area contributed by atoms with Gasteiger partial charge in [0.15, 0.2) is 0 Å². The Bertz CT molecular complexity index is 717. The molecule has 0 amide bonds. The van der Waals surface area contributed by atoms with Gasteiger partial charge in [-0.05, 0) is 24.3 Å². The van der Waals surface area contributed by atoms with Crippen molar-refractivity contribution in [1.82, 2.24) is 4.98 Å². The molecule has 0 aliphatic heterocycles. The zero-order valence-electron chi connectivity index (χ0n) is 9.15. The molecule has 1 aromatic heterocycles. The number of thiazole rings is 1. The van der Waals surface area contributed by atoms with Crippen LogP contribution < -0.4 is 5.73 Å². The van der Waals surface area contributed by atoms with Gasteiger partial charge in [-0.2, -0.15) is 0 Å². The van der Waals surface area contributed by atoms with Crippen LogP contribution in [-0.4, -0.2) is 4.98 Å². The highest BCUT2D eigenvalue weighted by molar-refractivity contribution is 7.21. The van der Waals surface area contributed by atoms with Gasteiger partial charge in [0.25, 0.3) is 0 Å². The van der Waals surface area contributed by atoms with Crippen LogP contribution in [-0.2, 0) is 0 Å². The van der Waals surface area contributed by atoms with E-state index in [2.05, 4.69) is 4.98 Å². The number of nitrogens with zero attached hydrogens (tertiary/aromatic N) is 1. The molecular formula is C13H8F2N2S. The fourth-order valence-electron chi connectivity index (χ4n) is 1.77. The number of nitrogen functional groups attached to an aromatic ring is 1. The van der Waals surface area contributed by atoms with Crippen molar-refractivity contribution < 1.29 is 8.78 Å². The van der Waals surface area contributed by atoms with Crippen molar-refractivity contribution in [2.75, 3.05) is 5.73 Å². The Morgan fingerprint density at radius 1 is 1.11 bits per heavy atom. The molecule has 90 valence electrons. The monoisotopic (exact) mass is 262 g/mol. The Labute approximate surface area is 106 Å². The van der Waals surface area contributed by atoms with Crippen LogP contribution in [0.25, 0.3) is 20.8 Å². The summed E-state index contributed by atoms with van der Waals surface area (Å²) in [5.74, 6) is -0.782. The van der Waals surface area contributed by atoms with Crippen molar-refractivity contribution in [3.8, 4) is 10.6 Å². The average Bonchev–Trinajstić information content (AvgIpc) is 2.71. The van der Waals surface area contributed by atoms with Crippen molar-refractivity contribution in [3.05, 3.63) is 48.0 Å². The summed E-state index contributed by atoms with van der Waals surface area (Å²) in [4.78, 5) is 4.22. The molecule has 3 aromatic rings. The van der Waals surface area contributed by atoms with Crippen LogP contribution in [0.5, 0.6) is 0 Å². The van der Waals surface area contributed by atoms with E-state index in [1.54, 1.807) is 18.2 Å². The molecule has 0 unspecified atom stereocenters. The first kappa shape index (κ1) is 11.1. The van der Waals surface area contributed by atoms with Crippen molar-refractivity contribution in [3.63, 3.8) is 0 Å². The van der Waals surface area contributed by atoms with Gasteiger partial charge < -0.3 is 5.73 Å². The standard InChI is InChI=1S/C13H8F2N2S/c14-7-4-5-11-10(6-7)17-13(18-11)12-8(15)2-1-3-9(12)16/h1-6H,16H2. The lowest BCUT2D eigenvalue weighted by Crippen LogP contribution is -1.92. The number of hydrogen-bond donors (Lipinski definition) is 1. The third-order valence-electron chi connectivity index (χ3n) is 2.61. The fourth-order valence-corrected chi connectivity index (χ4v) is 2.79. The number of fused-ring (bicyclic) bond motifs is 1. The maximum Gasteiger partial charge on any atom is 0.135 e. The van der Waals surface area contributed by atoms with E-state index in [-0.39, 0.29) is 11.4 Å². The van der Waals surface area contributed by atoms with Crippen molar-refractivity contribution in [1.29, 1.82) is 0 Å². The largest absolute Gasteiger partial charge is 0.398 e. The van der Waals surface area contributed by atoms with Crippen molar-refractivity contribution in [2.45, 2.75) is 0 Å². The zero-order valence-corrected chi connectivity index (χ0v) is 9.97. The zero-order chi connectivity index (χ0) is 12.7. The molecule has 0 spiro atoms. The van der Waals surface area contributed by atoms with Gasteiger partial charge in [-0.3, -0.25) is 0 Å². The number of benzene rings is 2. The second kappa shape index (κ2) is 4.03. The summed E-state index contributed by atoms with van der Waals surface area (Å²) in [6.07, 6.45) is 0. The molecule has 0 saturated heterocycles. The number of anilines is 1. The maximum absolute atomic E-state index is 13.8. The SMILES string of the molecule is Nc1cccc(F)c1-c1nc2cc(F)ccc2s1. The Kier molecular flexibility index (Phi) is 2.48. The van der Waals surface area contributed by atoms with Gasteiger partial charge in [-0.25, -0.2) is 13.8 Å². The topological polar surface area (TPSA) is 38.9 Å². The van der Waals surface area contributed by atoms with Gasteiger partial charge >= 0.3 is 0 Å². The quantitative estimate of drug-likeness (QED) is 0.677. The first-order valence-corrected chi connectivity index (χ1v) is 6.07. The molecule has 2 aromatic carbocycles. The third-order valence-corrected chi connectivity index (χ3v) is 3.66. The second-order valence-corrected chi connectivity index (χ2v) is 4.87. The minimum atomic E-state index is -0.422. The van der Waals surface area contributed by atoms with Crippen LogP contribution in [0.15, 0.2) is 36.4 Å². The normalized spacial score (nSPS) is 11.0. The third kappa shape index (κ3) is 1.73. The molecule has 18 heavy (non-hydrogen) atoms. The minimum Gasteiger partial charge on any atom is -0.398 e. The van der Waals surface area contributed by atoms with Crippen LogP contribution in [0.3, 0.4) is 0 Å². The van der Waals surface area contributed by atoms with E-state index in [1.165, 1.54) is 29.5 Å². The molecule has 2 N–H and O–H groups in total. The molecule has 2 nitrogen and oxygen atoms in total. The number of aromatic nitrogens is 1. The van der Waals surface area contributed by atoms with Gasteiger partial charge in [0.1, 0.15) is 16.6 Å². The predicted octanol–water partition coefficient (Wildman–Crippen LogP) is 3.82. The number of halogens is 2. The molecule has 0 aliphatic carbocycles. The predicted molar refractivity (Wildman–Crippen MR) is 69.4 cm³/mol. The van der Waals surface area contributed by atoms with E-state index in [0.717, 1.165) is 4.70 Å². The van der Waals surface area contributed by atoms with E-state index in [0.29, 0.717) is 16.2 Å². The van der Waals surface area contributed by atoms with Crippen LogP contribution in [0, 0.1) is 11.6 Å². The minimum absolute atomic E-state index is 0.277. The molecule has 0 radical (unpaired) electrons. The summed E-state index contributed by atoms with van der Waals surface area (Å²) >= 11 is 1.29. The van der Waals surface area contributed by atoms with Gasteiger partial charge in [0, 0.05) is 11.8 Å². The highest BCUT2D eigenvalue weighted by Crippen LogP contribution is 2.35. The summed E-state index contributed by atoms with van der Waals surface area (Å²) < 4.78 is 27.6. The van der Waals surface area contributed by atoms with E-state index < -0.39 is 5.82 Å². The lowest BCUT2D eigenvalue weighted by molar-refractivity contribution is 0.629. The number of rotatable bonds is 1. The summed E-state index contributed by atoms with van der Waals surface area (Å²) in [6.45, 7) is 0. The average molecular weight is 262 g/mol. The second-order valence-electron chi connectivity index (χ2n) is 3.84. The molecule has 0 aliphatic rings. The van der Waals surface area contributed by atoms with Crippen LogP contribution in [0.1, 0.15) is 0 Å². The lowest BCUT2D eigenvalue weighted by atomic mass is 10.2. The summed E-state index contributed by atoms with van der Waals surface area (Å²) in [5, 5.41) is 0.464. The lowest BCUT2D eigenvalue weighted by Gasteiger charge is -2.02. The van der Waals surface area contributed by atoms with Gasteiger partial charge in [0.2, 0.25) is 0 Å². The summed E-state index contributed by atoms with van der Waals surface area (Å²) in [5.41, 5.74) is 6.87. The summed E-state index contributed by atoms with van der Waals surface area (Å²) in [6, 6.07) is 8.80. The maximum atomic E-state index is 13.8. The molecule has 5 heteroatoms. The molecule has 3 rings (SSSR count). The van der Waals surface area contributed by atoms with Crippen LogP contribution >= 0.6 is 11.3 Å². The van der Waals surface area contributed by atoms with Crippen LogP contribution in [0.4, 0.5) is 14.5 Å². The van der Waals surface area contributed by atoms with Gasteiger partial charge in [0.05, 0.1) is 15.8 Å². The molecule has 0 atom stereocenters. The highest BCUT2D eigenvalue weighted by Gasteiger charge is 2.13. The number of hydrogen-bond acceptors (Lipinski definition) is 3. The molecular weight excluding hydrogens is 254 g/mol. The Hall–Kier alpha value is -2.01. The molecule has 0 bridgehead atoms. The summed E-state index contributed by atoms with van der Waals surface area (Å²) in [7, 11) is 0. The fraction of sp³-hybridized carbons (Fsp3) is 0. The van der Waals surface area contributed by atoms with Gasteiger partial charge in [-0.15, -0.1) is 11.3 Å².